The van der Waals surface area contributed by atoms with E-state index >= 15 is 0 Å². The molecule has 2 aliphatic heterocycles. The number of terminal acetylenes is 1. The predicted octanol–water partition coefficient (Wildman–Crippen LogP) is 2.22. The van der Waals surface area contributed by atoms with Gasteiger partial charge in [0.05, 0.1) is 19.3 Å². The number of aryl methyl sites for hydroxylation is 1. The number of nitrogens with zero attached hydrogens (tertiary/aromatic N) is 10. The van der Waals surface area contributed by atoms with Crippen LogP contribution in [0.3, 0.4) is 0 Å². The number of alkyl halides is 9. The molecular weight excluding hydrogens is 1520 g/mol. The first kappa shape index (κ1) is 95.8. The molecule has 108 heavy (non-hydrogen) atoms. The van der Waals surface area contributed by atoms with Crippen LogP contribution < -0.4 is 54.8 Å². The van der Waals surface area contributed by atoms with Crippen molar-refractivity contribution in [1.82, 2.24) is 70.5 Å². The van der Waals surface area contributed by atoms with E-state index in [1.807, 2.05) is 0 Å². The zero-order valence-electron chi connectivity index (χ0n) is 58.3. The average Bonchev–Trinajstić information content (AvgIpc) is 1.64. The quantitative estimate of drug-likeness (QED) is 0.00740. The normalized spacial score (nSPS) is 19.4. The van der Waals surface area contributed by atoms with E-state index in [1.165, 1.54) is 38.9 Å². The Labute approximate surface area is 610 Å². The fraction of sp³-hybridized carbons (Fsp3) is 0.707. The molecule has 5 amide bonds. The Morgan fingerprint density at radius 2 is 1.18 bits per heavy atom. The summed E-state index contributed by atoms with van der Waals surface area (Å²) in [5.74, 6) is -4.61. The number of aromatic amines is 2. The van der Waals surface area contributed by atoms with Crippen molar-refractivity contribution in [3.63, 3.8) is 0 Å². The maximum atomic E-state index is 12.7. The first-order valence-corrected chi connectivity index (χ1v) is 36.4. The van der Waals surface area contributed by atoms with E-state index in [1.54, 1.807) is 10.9 Å². The molecule has 5 heterocycles. The number of carbonyl (C=O) groups is 5. The van der Waals surface area contributed by atoms with Gasteiger partial charge in [-0.2, -0.15) is 39.5 Å². The van der Waals surface area contributed by atoms with Crippen molar-refractivity contribution in [2.75, 3.05) is 119 Å². The number of halogens is 9. The zero-order chi connectivity index (χ0) is 80.1. The molecule has 2 fully saturated rings. The standard InChI is InChI=1S/C25H44N9O9P.C16H21F9N6O3.C16H22N3O9P.CH4/c1-40-22-21(43-44(2,38)39)19(42-23(22)34-14-7-20(35)30-24(34)36)17-41-25(37)29-15-18-16-33(32-31-18)13-6-12-28-10-4-3-9-27-11-5-8-26;17-14(18,19)11(32)27-5-3-9-30(12(33)15(20,21)22)7-1-2-8-31(10-4-6-28-29-26)13(34)16(23,24)25;1-4-7-17-16(22)26-9-10-12(28-29(23,24)5-2)13(25-3)14(27-10)19-8-6-11(20)18-15(19)21;/h7,14,16,19,21-23,27-28H,3-6,8-13,15,17,26H2,1-2H3,(H,29,37)(H,38,39)(H,30,35,36);1-10H2,(H,27,32);1,6,8,10,12-14H,5,7,9H2,2-3H3,(H,17,22)(H,23,24)(H,18,20,21);1H4/t19-,21+,22?,23-;;10-,12+,13?,14-;/m1.1./s1. The molecular formula is C58H91F9N18O21P2. The van der Waals surface area contributed by atoms with Crippen molar-refractivity contribution in [3.05, 3.63) is 88.5 Å². The molecule has 0 bridgehead atoms. The maximum Gasteiger partial charge on any atom is 0.471 e. The summed E-state index contributed by atoms with van der Waals surface area (Å²) in [6, 6.07) is 2.22. The van der Waals surface area contributed by atoms with Crippen LogP contribution in [0.25, 0.3) is 10.4 Å². The minimum absolute atomic E-state index is 0. The van der Waals surface area contributed by atoms with Gasteiger partial charge in [0.2, 0.25) is 0 Å². The number of rotatable bonds is 41. The van der Waals surface area contributed by atoms with Crippen LogP contribution in [0.15, 0.2) is 55.0 Å². The molecule has 0 radical (unpaired) electrons. The third kappa shape index (κ3) is 34.9. The molecule has 50 heteroatoms. The summed E-state index contributed by atoms with van der Waals surface area (Å²) in [6.07, 6.45) is -14.2. The van der Waals surface area contributed by atoms with Crippen LogP contribution in [0.2, 0.25) is 0 Å². The smallest absolute Gasteiger partial charge is 0.447 e. The number of nitrogens with one attached hydrogen (secondary N) is 7. The molecule has 0 saturated carbocycles. The van der Waals surface area contributed by atoms with Crippen molar-refractivity contribution in [1.29, 1.82) is 0 Å². The minimum Gasteiger partial charge on any atom is -0.447 e. The lowest BCUT2D eigenvalue weighted by Gasteiger charge is -2.26. The second kappa shape index (κ2) is 47.6. The van der Waals surface area contributed by atoms with Gasteiger partial charge in [0, 0.05) is 102 Å². The molecule has 612 valence electrons. The summed E-state index contributed by atoms with van der Waals surface area (Å²) in [5, 5.41) is 24.3. The summed E-state index contributed by atoms with van der Waals surface area (Å²) in [5.41, 5.74) is 11.4. The molecule has 10 atom stereocenters. The molecule has 11 N–H and O–H groups in total. The second-order valence-electron chi connectivity index (χ2n) is 22.9. The van der Waals surface area contributed by atoms with Crippen molar-refractivity contribution >= 4 is 45.1 Å². The highest BCUT2D eigenvalue weighted by molar-refractivity contribution is 7.52. The zero-order valence-corrected chi connectivity index (χ0v) is 60.0. The van der Waals surface area contributed by atoms with Crippen LogP contribution in [0.5, 0.6) is 0 Å². The Kier molecular flexibility index (Phi) is 42.2. The van der Waals surface area contributed by atoms with Gasteiger partial charge in [0.25, 0.3) is 11.1 Å². The van der Waals surface area contributed by atoms with E-state index in [4.69, 9.17) is 55.2 Å². The molecule has 3 aromatic rings. The van der Waals surface area contributed by atoms with Crippen molar-refractivity contribution in [3.8, 4) is 12.3 Å². The fourth-order valence-electron chi connectivity index (χ4n) is 9.75. The van der Waals surface area contributed by atoms with Crippen molar-refractivity contribution < 1.29 is 120 Å². The van der Waals surface area contributed by atoms with Gasteiger partial charge >= 0.3 is 75.0 Å². The van der Waals surface area contributed by atoms with Crippen LogP contribution in [0.1, 0.15) is 83.9 Å². The number of alkyl carbamates (subject to hydrolysis) is 2. The number of methoxy groups -OCH3 is 2. The molecule has 4 unspecified atom stereocenters. The maximum absolute atomic E-state index is 12.7. The molecule has 39 nitrogen and oxygen atoms in total. The Morgan fingerprint density at radius 3 is 1.62 bits per heavy atom. The number of amides is 5. The summed E-state index contributed by atoms with van der Waals surface area (Å²) < 4.78 is 184. The summed E-state index contributed by atoms with van der Waals surface area (Å²) >= 11 is 0. The largest absolute Gasteiger partial charge is 0.471 e. The van der Waals surface area contributed by atoms with Gasteiger partial charge in [-0.15, -0.1) is 11.5 Å². The van der Waals surface area contributed by atoms with E-state index < -0.39 is 181 Å². The number of ether oxygens (including phenoxy) is 6. The molecule has 5 rings (SSSR count). The number of hydrogen-bond acceptors (Lipinski definition) is 25. The molecule has 2 aliphatic rings. The van der Waals surface area contributed by atoms with Crippen molar-refractivity contribution in [2.45, 2.75) is 146 Å². The Bertz CT molecular complexity index is 3720. The molecule has 0 aromatic carbocycles. The Balaban J connectivity index is 0.000000561. The topological polar surface area (TPSA) is 516 Å². The number of H-pyrrole nitrogens is 2. The Morgan fingerprint density at radius 1 is 0.704 bits per heavy atom. The monoisotopic (exact) mass is 1610 g/mol. The SMILES string of the molecule is C.C#CCNC(=O)OC[C@H]1O[C@@H](n2ccc(=O)[nH]c2=O)C(OC)[C@H]1OP(=O)(O)CC.COC1[C@@H](OP(C)(=O)O)[C@@H](COC(=O)NCc2cn(CCCNCCCCNCCCN)nn2)O[C@H]1n1ccc(=O)[nH]c1=O.[N-]=[N+]=NCCCN(CCCCN(CCCNC(=O)C(F)(F)F)C(=O)C(F)(F)F)C(=O)C(F)(F)F. The van der Waals surface area contributed by atoms with E-state index in [0.717, 1.165) is 79.8 Å². The second-order valence-corrected chi connectivity index (χ2v) is 26.9. The number of unbranched alkanes of at least 4 members (excludes halogenated alkanes) is 2. The van der Waals surface area contributed by atoms with Gasteiger partial charge in [-0.3, -0.25) is 65.9 Å². The fourth-order valence-corrected chi connectivity index (χ4v) is 11.2. The number of hydrogen-bond donors (Lipinski definition) is 10. The third-order valence-corrected chi connectivity index (χ3v) is 16.8. The lowest BCUT2D eigenvalue weighted by Crippen LogP contribution is -2.44. The van der Waals surface area contributed by atoms with E-state index in [9.17, 15) is 102 Å². The van der Waals surface area contributed by atoms with Crippen LogP contribution >= 0.6 is 15.2 Å². The predicted molar refractivity (Wildman–Crippen MR) is 361 cm³/mol. The van der Waals surface area contributed by atoms with Gasteiger partial charge in [0.15, 0.2) is 12.5 Å². The average molecular weight is 1610 g/mol. The summed E-state index contributed by atoms with van der Waals surface area (Å²) in [6.45, 7) is 3.65. The molecule has 0 aliphatic carbocycles. The molecule has 0 spiro atoms. The van der Waals surface area contributed by atoms with Gasteiger partial charge in [-0.1, -0.05) is 30.6 Å². The minimum atomic E-state index is -5.31. The van der Waals surface area contributed by atoms with E-state index in [-0.39, 0.29) is 64.0 Å². The number of aromatic nitrogens is 7. The molecule has 3 aromatic heterocycles. The van der Waals surface area contributed by atoms with Crippen molar-refractivity contribution in [2.24, 2.45) is 10.8 Å². The van der Waals surface area contributed by atoms with Crippen LogP contribution in [0.4, 0.5) is 49.1 Å². The highest BCUT2D eigenvalue weighted by Crippen LogP contribution is 2.48. The van der Waals surface area contributed by atoms with Gasteiger partial charge in [0.1, 0.15) is 55.5 Å². The summed E-state index contributed by atoms with van der Waals surface area (Å²) in [4.78, 5) is 132. The third-order valence-electron chi connectivity index (χ3n) is 14.8. The first-order chi connectivity index (χ1) is 50.3. The Hall–Kier alpha value is -8.29. The summed E-state index contributed by atoms with van der Waals surface area (Å²) in [7, 11) is -5.45. The van der Waals surface area contributed by atoms with Gasteiger partial charge in [-0.05, 0) is 89.6 Å². The number of nitrogens with two attached hydrogens (primary N) is 1. The van der Waals surface area contributed by atoms with E-state index in [0.29, 0.717) is 23.7 Å². The van der Waals surface area contributed by atoms with Crippen LogP contribution in [-0.4, -0.2) is 258 Å². The highest BCUT2D eigenvalue weighted by Gasteiger charge is 2.52. The molecule has 2 saturated heterocycles. The number of azide groups is 1. The van der Waals surface area contributed by atoms with Gasteiger partial charge < -0.3 is 80.3 Å². The first-order valence-electron chi connectivity index (χ1n) is 32.7. The lowest BCUT2D eigenvalue weighted by atomic mass is 10.1. The highest BCUT2D eigenvalue weighted by atomic mass is 31.2. The van der Waals surface area contributed by atoms with Gasteiger partial charge in [-0.25, -0.2) is 19.2 Å². The van der Waals surface area contributed by atoms with Crippen LogP contribution in [-0.2, 0) is 74.1 Å². The van der Waals surface area contributed by atoms with E-state index in [2.05, 4.69) is 57.5 Å². The van der Waals surface area contributed by atoms with Crippen LogP contribution in [0, 0.1) is 12.3 Å². The number of carbonyl (C=O) groups excluding carboxylic acids is 5. The lowest BCUT2D eigenvalue weighted by molar-refractivity contribution is -0.186.